The van der Waals surface area contributed by atoms with Gasteiger partial charge in [0.25, 0.3) is 0 Å². The molecule has 0 saturated carbocycles. The number of halogens is 1. The van der Waals surface area contributed by atoms with E-state index in [1.165, 1.54) is 12.1 Å². The van der Waals surface area contributed by atoms with Crippen molar-refractivity contribution in [3.05, 3.63) is 29.6 Å². The van der Waals surface area contributed by atoms with Gasteiger partial charge in [0.1, 0.15) is 5.82 Å². The Bertz CT molecular complexity index is 503. The second kappa shape index (κ2) is 6.26. The SMILES string of the molecule is CCC(C)CNS(=O)(=O)c1cc(F)ccc1CN. The maximum Gasteiger partial charge on any atom is 0.241 e. The van der Waals surface area contributed by atoms with Gasteiger partial charge in [-0.2, -0.15) is 0 Å². The molecule has 1 atom stereocenters. The topological polar surface area (TPSA) is 72.2 Å². The van der Waals surface area contributed by atoms with E-state index in [1.807, 2.05) is 13.8 Å². The minimum Gasteiger partial charge on any atom is -0.326 e. The first-order chi connectivity index (χ1) is 8.40. The van der Waals surface area contributed by atoms with Gasteiger partial charge in [-0.1, -0.05) is 26.3 Å². The van der Waals surface area contributed by atoms with Crippen molar-refractivity contribution >= 4 is 10.0 Å². The van der Waals surface area contributed by atoms with E-state index in [4.69, 9.17) is 5.73 Å². The van der Waals surface area contributed by atoms with Gasteiger partial charge < -0.3 is 5.73 Å². The molecule has 3 N–H and O–H groups in total. The van der Waals surface area contributed by atoms with Crippen molar-refractivity contribution in [1.29, 1.82) is 0 Å². The molecule has 0 spiro atoms. The summed E-state index contributed by atoms with van der Waals surface area (Å²) in [5.41, 5.74) is 5.88. The third-order valence-electron chi connectivity index (χ3n) is 2.86. The van der Waals surface area contributed by atoms with Gasteiger partial charge >= 0.3 is 0 Å². The van der Waals surface area contributed by atoms with E-state index < -0.39 is 15.8 Å². The first-order valence-corrected chi connectivity index (χ1v) is 7.37. The summed E-state index contributed by atoms with van der Waals surface area (Å²) in [6, 6.07) is 3.60. The first-order valence-electron chi connectivity index (χ1n) is 5.88. The number of rotatable bonds is 6. The molecule has 0 bridgehead atoms. The summed E-state index contributed by atoms with van der Waals surface area (Å²) in [6.45, 7) is 4.31. The molecule has 1 rings (SSSR count). The zero-order valence-corrected chi connectivity index (χ0v) is 11.4. The van der Waals surface area contributed by atoms with Crippen molar-refractivity contribution in [2.75, 3.05) is 6.54 Å². The van der Waals surface area contributed by atoms with E-state index in [1.54, 1.807) is 0 Å². The summed E-state index contributed by atoms with van der Waals surface area (Å²) >= 11 is 0. The molecule has 6 heteroatoms. The Labute approximate surface area is 107 Å². The van der Waals surface area contributed by atoms with Crippen molar-refractivity contribution in [2.24, 2.45) is 11.7 Å². The van der Waals surface area contributed by atoms with Crippen LogP contribution in [0.2, 0.25) is 0 Å². The smallest absolute Gasteiger partial charge is 0.241 e. The molecule has 0 heterocycles. The van der Waals surface area contributed by atoms with Gasteiger partial charge in [-0.3, -0.25) is 0 Å². The Morgan fingerprint density at radius 2 is 2.11 bits per heavy atom. The first kappa shape index (κ1) is 15.1. The van der Waals surface area contributed by atoms with Crippen LogP contribution < -0.4 is 10.5 Å². The summed E-state index contributed by atoms with van der Waals surface area (Å²) in [7, 11) is -3.70. The number of hydrogen-bond donors (Lipinski definition) is 2. The molecular weight excluding hydrogens is 255 g/mol. The molecule has 0 radical (unpaired) electrons. The van der Waals surface area contributed by atoms with Crippen molar-refractivity contribution in [3.8, 4) is 0 Å². The van der Waals surface area contributed by atoms with Gasteiger partial charge in [-0.15, -0.1) is 0 Å². The molecule has 4 nitrogen and oxygen atoms in total. The highest BCUT2D eigenvalue weighted by atomic mass is 32.2. The van der Waals surface area contributed by atoms with E-state index in [9.17, 15) is 12.8 Å². The average Bonchev–Trinajstić information content (AvgIpc) is 2.36. The van der Waals surface area contributed by atoms with Crippen LogP contribution in [0.15, 0.2) is 23.1 Å². The van der Waals surface area contributed by atoms with Crippen LogP contribution >= 0.6 is 0 Å². The Balaban J connectivity index is 3.00. The zero-order valence-electron chi connectivity index (χ0n) is 10.6. The molecule has 0 aliphatic carbocycles. The van der Waals surface area contributed by atoms with Gasteiger partial charge in [-0.05, 0) is 23.6 Å². The molecule has 18 heavy (non-hydrogen) atoms. The lowest BCUT2D eigenvalue weighted by molar-refractivity contribution is 0.527. The number of hydrogen-bond acceptors (Lipinski definition) is 3. The largest absolute Gasteiger partial charge is 0.326 e. The predicted molar refractivity (Wildman–Crippen MR) is 68.9 cm³/mol. The van der Waals surface area contributed by atoms with Crippen LogP contribution in [0.4, 0.5) is 4.39 Å². The third-order valence-corrected chi connectivity index (χ3v) is 4.36. The quantitative estimate of drug-likeness (QED) is 0.827. The van der Waals surface area contributed by atoms with Crippen LogP contribution in [-0.2, 0) is 16.6 Å². The maximum absolute atomic E-state index is 13.1. The van der Waals surface area contributed by atoms with E-state index in [0.29, 0.717) is 12.1 Å². The van der Waals surface area contributed by atoms with E-state index >= 15 is 0 Å². The second-order valence-electron chi connectivity index (χ2n) is 4.32. The maximum atomic E-state index is 13.1. The van der Waals surface area contributed by atoms with E-state index in [-0.39, 0.29) is 17.4 Å². The Kier molecular flexibility index (Phi) is 5.25. The zero-order chi connectivity index (χ0) is 13.8. The van der Waals surface area contributed by atoms with Crippen LogP contribution in [0.1, 0.15) is 25.8 Å². The van der Waals surface area contributed by atoms with Gasteiger partial charge in [0.2, 0.25) is 10.0 Å². The van der Waals surface area contributed by atoms with Crippen LogP contribution in [0.25, 0.3) is 0 Å². The molecule has 1 aromatic carbocycles. The highest BCUT2D eigenvalue weighted by molar-refractivity contribution is 7.89. The highest BCUT2D eigenvalue weighted by Crippen LogP contribution is 2.17. The van der Waals surface area contributed by atoms with Crippen molar-refractivity contribution in [3.63, 3.8) is 0 Å². The summed E-state index contributed by atoms with van der Waals surface area (Å²) in [6.07, 6.45) is 0.870. The highest BCUT2D eigenvalue weighted by Gasteiger charge is 2.19. The summed E-state index contributed by atoms with van der Waals surface area (Å²) in [5, 5.41) is 0. The minimum atomic E-state index is -3.70. The lowest BCUT2D eigenvalue weighted by atomic mass is 10.1. The number of benzene rings is 1. The fourth-order valence-electron chi connectivity index (χ4n) is 1.42. The summed E-state index contributed by atoms with van der Waals surface area (Å²) in [4.78, 5) is -0.0756. The summed E-state index contributed by atoms with van der Waals surface area (Å²) in [5.74, 6) is -0.356. The molecule has 0 fully saturated rings. The molecule has 0 aliphatic rings. The lowest BCUT2D eigenvalue weighted by Gasteiger charge is -2.13. The molecule has 0 aromatic heterocycles. The number of nitrogens with two attached hydrogens (primary N) is 1. The van der Waals surface area contributed by atoms with Gasteiger partial charge in [0.15, 0.2) is 0 Å². The normalized spacial score (nSPS) is 13.6. The van der Waals surface area contributed by atoms with Crippen molar-refractivity contribution in [2.45, 2.75) is 31.7 Å². The van der Waals surface area contributed by atoms with Gasteiger partial charge in [0, 0.05) is 13.1 Å². The van der Waals surface area contributed by atoms with Gasteiger partial charge in [-0.25, -0.2) is 17.5 Å². The Morgan fingerprint density at radius 3 is 2.67 bits per heavy atom. The fourth-order valence-corrected chi connectivity index (χ4v) is 2.84. The van der Waals surface area contributed by atoms with E-state index in [2.05, 4.69) is 4.72 Å². The Hall–Kier alpha value is -0.980. The van der Waals surface area contributed by atoms with Crippen molar-refractivity contribution < 1.29 is 12.8 Å². The molecular formula is C12H19FN2O2S. The molecule has 0 amide bonds. The molecule has 0 saturated heterocycles. The molecule has 0 aliphatic heterocycles. The molecule has 1 unspecified atom stereocenters. The van der Waals surface area contributed by atoms with Crippen LogP contribution in [0.3, 0.4) is 0 Å². The fraction of sp³-hybridized carbons (Fsp3) is 0.500. The van der Waals surface area contributed by atoms with E-state index in [0.717, 1.165) is 12.5 Å². The van der Waals surface area contributed by atoms with Gasteiger partial charge in [0.05, 0.1) is 4.90 Å². The average molecular weight is 274 g/mol. The number of sulfonamides is 1. The molecule has 1 aromatic rings. The molecule has 102 valence electrons. The predicted octanol–water partition coefficient (Wildman–Crippen LogP) is 1.61. The van der Waals surface area contributed by atoms with Crippen LogP contribution in [0, 0.1) is 11.7 Å². The Morgan fingerprint density at radius 1 is 1.44 bits per heavy atom. The van der Waals surface area contributed by atoms with Crippen molar-refractivity contribution in [1.82, 2.24) is 4.72 Å². The third kappa shape index (κ3) is 3.76. The monoisotopic (exact) mass is 274 g/mol. The van der Waals surface area contributed by atoms with Crippen LogP contribution in [0.5, 0.6) is 0 Å². The lowest BCUT2D eigenvalue weighted by Crippen LogP contribution is -2.29. The summed E-state index contributed by atoms with van der Waals surface area (Å²) < 4.78 is 39.7. The second-order valence-corrected chi connectivity index (χ2v) is 6.06. The number of nitrogens with one attached hydrogen (secondary N) is 1. The minimum absolute atomic E-state index is 0.0554. The van der Waals surface area contributed by atoms with Crippen LogP contribution in [-0.4, -0.2) is 15.0 Å². The standard InChI is InChI=1S/C12H19FN2O2S/c1-3-9(2)8-15-18(16,17)12-6-11(13)5-4-10(12)7-14/h4-6,9,15H,3,7-8,14H2,1-2H3.